The van der Waals surface area contributed by atoms with Crippen molar-refractivity contribution in [1.82, 2.24) is 10.3 Å². The summed E-state index contributed by atoms with van der Waals surface area (Å²) < 4.78 is 0. The second-order valence-corrected chi connectivity index (χ2v) is 6.58. The molecule has 2 atom stereocenters. The van der Waals surface area contributed by atoms with Crippen molar-refractivity contribution in [2.75, 3.05) is 6.54 Å². The van der Waals surface area contributed by atoms with Crippen molar-refractivity contribution in [3.8, 4) is 0 Å². The number of aromatic nitrogens is 1. The number of hydrogen-bond donors (Lipinski definition) is 3. The van der Waals surface area contributed by atoms with E-state index in [1.54, 1.807) is 0 Å². The number of nitrogens with one attached hydrogen (secondary N) is 2. The summed E-state index contributed by atoms with van der Waals surface area (Å²) in [5.74, 6) is 0. The van der Waals surface area contributed by atoms with Crippen molar-refractivity contribution in [2.24, 2.45) is 0 Å². The van der Waals surface area contributed by atoms with Crippen molar-refractivity contribution >= 4 is 22.5 Å². The van der Waals surface area contributed by atoms with Crippen LogP contribution in [0.1, 0.15) is 30.6 Å². The van der Waals surface area contributed by atoms with Crippen molar-refractivity contribution in [3.63, 3.8) is 0 Å². The van der Waals surface area contributed by atoms with Gasteiger partial charge in [-0.25, -0.2) is 0 Å². The molecule has 3 aromatic rings. The molecule has 0 fully saturated rings. The van der Waals surface area contributed by atoms with Gasteiger partial charge in [-0.05, 0) is 42.2 Å². The first-order chi connectivity index (χ1) is 11.7. The number of halogens is 1. The molecule has 3 nitrogen and oxygen atoms in total. The topological polar surface area (TPSA) is 48.0 Å². The minimum atomic E-state index is -0.555. The molecule has 4 heteroatoms. The maximum Gasteiger partial charge on any atom is 0.0914 e. The molecular formula is C20H23ClN2O. The first kappa shape index (κ1) is 17.0. The lowest BCUT2D eigenvalue weighted by molar-refractivity contribution is 0.169. The second-order valence-electron chi connectivity index (χ2n) is 6.15. The van der Waals surface area contributed by atoms with Crippen LogP contribution in [0.2, 0.25) is 5.02 Å². The number of para-hydroxylation sites is 1. The van der Waals surface area contributed by atoms with Gasteiger partial charge in [-0.1, -0.05) is 48.9 Å². The Morgan fingerprint density at radius 3 is 2.79 bits per heavy atom. The predicted molar refractivity (Wildman–Crippen MR) is 100 cm³/mol. The van der Waals surface area contributed by atoms with E-state index in [0.717, 1.165) is 18.4 Å². The highest BCUT2D eigenvalue weighted by Crippen LogP contribution is 2.21. The number of hydrogen-bond acceptors (Lipinski definition) is 2. The average molecular weight is 343 g/mol. The van der Waals surface area contributed by atoms with Gasteiger partial charge in [0.05, 0.1) is 6.10 Å². The molecule has 3 N–H and O–H groups in total. The number of fused-ring (bicyclic) bond motifs is 1. The highest BCUT2D eigenvalue weighted by atomic mass is 35.5. The summed E-state index contributed by atoms with van der Waals surface area (Å²) in [6, 6.07) is 16.1. The van der Waals surface area contributed by atoms with Gasteiger partial charge >= 0.3 is 0 Å². The van der Waals surface area contributed by atoms with E-state index in [9.17, 15) is 5.11 Å². The molecule has 24 heavy (non-hydrogen) atoms. The lowest BCUT2D eigenvalue weighted by atomic mass is 10.0. The molecule has 0 saturated carbocycles. The van der Waals surface area contributed by atoms with E-state index in [-0.39, 0.29) is 0 Å². The molecule has 0 bridgehead atoms. The molecular weight excluding hydrogens is 320 g/mol. The number of aromatic amines is 1. The van der Waals surface area contributed by atoms with E-state index in [1.165, 1.54) is 16.5 Å². The number of benzene rings is 2. The Balaban J connectivity index is 1.62. The molecule has 2 unspecified atom stereocenters. The number of rotatable bonds is 7. The fraction of sp³-hybridized carbons (Fsp3) is 0.300. The summed E-state index contributed by atoms with van der Waals surface area (Å²) in [6.45, 7) is 2.68. The highest BCUT2D eigenvalue weighted by Gasteiger charge is 2.14. The average Bonchev–Trinajstić information content (AvgIpc) is 3.01. The number of H-pyrrole nitrogens is 1. The smallest absolute Gasteiger partial charge is 0.0914 e. The zero-order chi connectivity index (χ0) is 16.9. The Labute approximate surface area is 147 Å². The molecule has 0 aliphatic carbocycles. The molecule has 0 saturated heterocycles. The van der Waals surface area contributed by atoms with Crippen LogP contribution in [0.3, 0.4) is 0 Å². The largest absolute Gasteiger partial charge is 0.387 e. The predicted octanol–water partition coefficient (Wildman–Crippen LogP) is 4.47. The van der Waals surface area contributed by atoms with Gasteiger partial charge < -0.3 is 15.4 Å². The summed E-state index contributed by atoms with van der Waals surface area (Å²) in [7, 11) is 0. The van der Waals surface area contributed by atoms with Gasteiger partial charge in [0.2, 0.25) is 0 Å². The molecule has 0 amide bonds. The lowest BCUT2D eigenvalue weighted by Gasteiger charge is -2.20. The van der Waals surface area contributed by atoms with Crippen LogP contribution in [0, 0.1) is 0 Å². The van der Waals surface area contributed by atoms with E-state index in [4.69, 9.17) is 11.6 Å². The fourth-order valence-corrected chi connectivity index (χ4v) is 3.24. The summed E-state index contributed by atoms with van der Waals surface area (Å²) in [5, 5.41) is 15.8. The van der Waals surface area contributed by atoms with Crippen LogP contribution >= 0.6 is 11.6 Å². The van der Waals surface area contributed by atoms with E-state index in [0.29, 0.717) is 17.6 Å². The van der Waals surface area contributed by atoms with Gasteiger partial charge in [0, 0.05) is 34.7 Å². The van der Waals surface area contributed by atoms with Crippen LogP contribution in [0.25, 0.3) is 10.9 Å². The zero-order valence-corrected chi connectivity index (χ0v) is 14.6. The van der Waals surface area contributed by atoms with Crippen molar-refractivity contribution in [3.05, 3.63) is 70.9 Å². The van der Waals surface area contributed by atoms with E-state index in [2.05, 4.69) is 41.6 Å². The van der Waals surface area contributed by atoms with Crippen molar-refractivity contribution in [1.29, 1.82) is 0 Å². The zero-order valence-electron chi connectivity index (χ0n) is 13.8. The molecule has 0 aliphatic rings. The number of aliphatic hydroxyl groups excluding tert-OH is 1. The van der Waals surface area contributed by atoms with Gasteiger partial charge in [-0.15, -0.1) is 0 Å². The molecule has 126 valence electrons. The van der Waals surface area contributed by atoms with Gasteiger partial charge in [0.1, 0.15) is 0 Å². The minimum absolute atomic E-state index is 0.318. The quantitative estimate of drug-likeness (QED) is 0.593. The molecule has 0 radical (unpaired) electrons. The molecule has 3 rings (SSSR count). The maximum absolute atomic E-state index is 10.4. The first-order valence-electron chi connectivity index (χ1n) is 8.39. The third-order valence-electron chi connectivity index (χ3n) is 4.47. The number of aliphatic hydroxyl groups is 1. The third-order valence-corrected chi connectivity index (χ3v) is 4.70. The fourth-order valence-electron chi connectivity index (χ4n) is 3.04. The molecule has 1 aromatic heterocycles. The Morgan fingerprint density at radius 2 is 2.00 bits per heavy atom. The van der Waals surface area contributed by atoms with E-state index in [1.807, 2.05) is 30.3 Å². The standard InChI is InChI=1S/C20H23ClN2O/c1-2-17(11-15-12-23-19-9-4-3-8-18(15)19)22-13-20(24)14-6-5-7-16(21)10-14/h3-10,12,17,20,22-24H,2,11,13H2,1H3. The van der Waals surface area contributed by atoms with Gasteiger partial charge in [-0.3, -0.25) is 0 Å². The van der Waals surface area contributed by atoms with E-state index >= 15 is 0 Å². The van der Waals surface area contributed by atoms with Crippen molar-refractivity contribution < 1.29 is 5.11 Å². The SMILES string of the molecule is CCC(Cc1c[nH]c2ccccc12)NCC(O)c1cccc(Cl)c1. The van der Waals surface area contributed by atoms with Gasteiger partial charge in [0.25, 0.3) is 0 Å². The molecule has 1 heterocycles. The van der Waals surface area contributed by atoms with Gasteiger partial charge in [0.15, 0.2) is 0 Å². The normalized spacial score (nSPS) is 14.0. The minimum Gasteiger partial charge on any atom is -0.387 e. The Morgan fingerprint density at radius 1 is 1.17 bits per heavy atom. The van der Waals surface area contributed by atoms with Gasteiger partial charge in [-0.2, -0.15) is 0 Å². The lowest BCUT2D eigenvalue weighted by Crippen LogP contribution is -2.34. The molecule has 0 spiro atoms. The van der Waals surface area contributed by atoms with E-state index < -0.39 is 6.10 Å². The van der Waals surface area contributed by atoms with Crippen LogP contribution in [-0.2, 0) is 6.42 Å². The van der Waals surface area contributed by atoms with Crippen molar-refractivity contribution in [2.45, 2.75) is 31.9 Å². The Hall–Kier alpha value is -1.81. The van der Waals surface area contributed by atoms with Crippen LogP contribution in [-0.4, -0.2) is 22.7 Å². The monoisotopic (exact) mass is 342 g/mol. The van der Waals surface area contributed by atoms with Crippen LogP contribution in [0.5, 0.6) is 0 Å². The summed E-state index contributed by atoms with van der Waals surface area (Å²) in [6.07, 6.45) is 3.47. The summed E-state index contributed by atoms with van der Waals surface area (Å²) in [4.78, 5) is 3.32. The maximum atomic E-state index is 10.4. The summed E-state index contributed by atoms with van der Waals surface area (Å²) in [5.41, 5.74) is 3.32. The van der Waals surface area contributed by atoms with Crippen LogP contribution in [0.4, 0.5) is 0 Å². The van der Waals surface area contributed by atoms with Crippen LogP contribution in [0.15, 0.2) is 54.7 Å². The first-order valence-corrected chi connectivity index (χ1v) is 8.77. The molecule has 0 aliphatic heterocycles. The Bertz CT molecular complexity index is 799. The summed E-state index contributed by atoms with van der Waals surface area (Å²) >= 11 is 5.99. The highest BCUT2D eigenvalue weighted by molar-refractivity contribution is 6.30. The third kappa shape index (κ3) is 3.99. The second kappa shape index (κ2) is 7.84. The Kier molecular flexibility index (Phi) is 5.56. The molecule has 2 aromatic carbocycles. The van der Waals surface area contributed by atoms with Crippen LogP contribution < -0.4 is 5.32 Å².